The van der Waals surface area contributed by atoms with Crippen LogP contribution < -0.4 is 0 Å². The summed E-state index contributed by atoms with van der Waals surface area (Å²) in [5.74, 6) is 0.341. The number of rotatable bonds is 2. The molecule has 0 aliphatic heterocycles. The predicted octanol–water partition coefficient (Wildman–Crippen LogP) is 4.79. The molecule has 0 spiro atoms. The Hall–Kier alpha value is -1.99. The molecule has 0 radical (unpaired) electrons. The van der Waals surface area contributed by atoms with Gasteiger partial charge in [-0.05, 0) is 34.5 Å². The zero-order valence-electron chi connectivity index (χ0n) is 10.3. The van der Waals surface area contributed by atoms with E-state index in [9.17, 15) is 5.11 Å². The van der Waals surface area contributed by atoms with Gasteiger partial charge in [-0.2, -0.15) is 0 Å². The Balaban J connectivity index is 2.09. The SMILES string of the molecule is Oc1ccc2ccccc2c1Cc1ccc(Cl)cc1. The van der Waals surface area contributed by atoms with Crippen molar-refractivity contribution in [2.45, 2.75) is 6.42 Å². The molecule has 0 aliphatic rings. The van der Waals surface area contributed by atoms with Gasteiger partial charge in [-0.25, -0.2) is 0 Å². The van der Waals surface area contributed by atoms with Crippen LogP contribution in [-0.4, -0.2) is 5.11 Å². The van der Waals surface area contributed by atoms with Crippen molar-refractivity contribution in [2.24, 2.45) is 0 Å². The lowest BCUT2D eigenvalue weighted by Gasteiger charge is -2.09. The highest BCUT2D eigenvalue weighted by Gasteiger charge is 2.07. The number of fused-ring (bicyclic) bond motifs is 1. The van der Waals surface area contributed by atoms with Gasteiger partial charge in [0, 0.05) is 17.0 Å². The molecular weight excluding hydrogens is 256 g/mol. The molecule has 1 nitrogen and oxygen atoms in total. The lowest BCUT2D eigenvalue weighted by Crippen LogP contribution is -1.90. The van der Waals surface area contributed by atoms with Crippen molar-refractivity contribution in [3.8, 4) is 5.75 Å². The van der Waals surface area contributed by atoms with E-state index in [1.165, 1.54) is 0 Å². The Bertz CT molecular complexity index is 717. The first-order chi connectivity index (χ1) is 9.24. The molecule has 3 aromatic rings. The third-order valence-corrected chi connectivity index (χ3v) is 3.56. The lowest BCUT2D eigenvalue weighted by atomic mass is 9.97. The molecule has 0 aliphatic carbocycles. The van der Waals surface area contributed by atoms with Crippen molar-refractivity contribution in [3.05, 3.63) is 76.8 Å². The van der Waals surface area contributed by atoms with Crippen LogP contribution >= 0.6 is 11.6 Å². The van der Waals surface area contributed by atoms with Crippen LogP contribution in [-0.2, 0) is 6.42 Å². The first kappa shape index (κ1) is 12.1. The fourth-order valence-electron chi connectivity index (χ4n) is 2.32. The maximum atomic E-state index is 10.1. The number of hydrogen-bond donors (Lipinski definition) is 1. The summed E-state index contributed by atoms with van der Waals surface area (Å²) in [4.78, 5) is 0. The average molecular weight is 269 g/mol. The second kappa shape index (κ2) is 4.94. The van der Waals surface area contributed by atoms with Crippen molar-refractivity contribution in [1.82, 2.24) is 0 Å². The van der Waals surface area contributed by atoms with E-state index < -0.39 is 0 Å². The van der Waals surface area contributed by atoms with Crippen molar-refractivity contribution < 1.29 is 5.11 Å². The Labute approximate surface area is 117 Å². The van der Waals surface area contributed by atoms with Gasteiger partial charge in [-0.3, -0.25) is 0 Å². The Morgan fingerprint density at radius 2 is 1.58 bits per heavy atom. The molecule has 1 N–H and O–H groups in total. The fourth-order valence-corrected chi connectivity index (χ4v) is 2.44. The summed E-state index contributed by atoms with van der Waals surface area (Å²) < 4.78 is 0. The summed E-state index contributed by atoms with van der Waals surface area (Å²) in [5.41, 5.74) is 2.09. The van der Waals surface area contributed by atoms with Crippen LogP contribution in [0, 0.1) is 0 Å². The maximum Gasteiger partial charge on any atom is 0.119 e. The number of benzene rings is 3. The van der Waals surface area contributed by atoms with E-state index in [-0.39, 0.29) is 0 Å². The lowest BCUT2D eigenvalue weighted by molar-refractivity contribution is 0.470. The fraction of sp³-hybridized carbons (Fsp3) is 0.0588. The molecule has 3 rings (SSSR count). The molecular formula is C17H13ClO. The number of phenols is 1. The van der Waals surface area contributed by atoms with E-state index in [4.69, 9.17) is 11.6 Å². The number of hydrogen-bond acceptors (Lipinski definition) is 1. The highest BCUT2D eigenvalue weighted by Crippen LogP contribution is 2.29. The van der Waals surface area contributed by atoms with E-state index in [1.54, 1.807) is 6.07 Å². The van der Waals surface area contributed by atoms with E-state index in [0.717, 1.165) is 26.9 Å². The molecule has 0 saturated carbocycles. The van der Waals surface area contributed by atoms with Gasteiger partial charge in [-0.1, -0.05) is 54.1 Å². The van der Waals surface area contributed by atoms with Crippen molar-refractivity contribution in [2.75, 3.05) is 0 Å². The summed E-state index contributed by atoms with van der Waals surface area (Å²) in [5, 5.41) is 13.1. The minimum Gasteiger partial charge on any atom is -0.508 e. The van der Waals surface area contributed by atoms with Crippen LogP contribution in [0.5, 0.6) is 5.75 Å². The van der Waals surface area contributed by atoms with Gasteiger partial charge in [0.2, 0.25) is 0 Å². The van der Waals surface area contributed by atoms with Crippen LogP contribution in [0.15, 0.2) is 60.7 Å². The maximum absolute atomic E-state index is 10.1. The highest BCUT2D eigenvalue weighted by atomic mass is 35.5. The monoisotopic (exact) mass is 268 g/mol. The molecule has 0 atom stereocenters. The van der Waals surface area contributed by atoms with Gasteiger partial charge in [0.1, 0.15) is 5.75 Å². The standard InChI is InChI=1S/C17H13ClO/c18-14-8-5-12(6-9-14)11-16-15-4-2-1-3-13(15)7-10-17(16)19/h1-10,19H,11H2. The average Bonchev–Trinajstić information content (AvgIpc) is 2.44. The zero-order chi connectivity index (χ0) is 13.2. The summed E-state index contributed by atoms with van der Waals surface area (Å²) in [6.45, 7) is 0. The number of halogens is 1. The van der Waals surface area contributed by atoms with Crippen molar-refractivity contribution in [1.29, 1.82) is 0 Å². The van der Waals surface area contributed by atoms with Crippen LogP contribution in [0.2, 0.25) is 5.02 Å². The van der Waals surface area contributed by atoms with Crippen molar-refractivity contribution in [3.63, 3.8) is 0 Å². The van der Waals surface area contributed by atoms with Crippen LogP contribution in [0.3, 0.4) is 0 Å². The molecule has 94 valence electrons. The van der Waals surface area contributed by atoms with E-state index in [2.05, 4.69) is 6.07 Å². The summed E-state index contributed by atoms with van der Waals surface area (Å²) in [6, 6.07) is 19.5. The second-order valence-electron chi connectivity index (χ2n) is 4.59. The Morgan fingerprint density at radius 1 is 0.842 bits per heavy atom. The quantitative estimate of drug-likeness (QED) is 0.708. The first-order valence-corrected chi connectivity index (χ1v) is 6.56. The summed E-state index contributed by atoms with van der Waals surface area (Å²) >= 11 is 5.89. The smallest absolute Gasteiger partial charge is 0.119 e. The topological polar surface area (TPSA) is 20.2 Å². The molecule has 0 amide bonds. The second-order valence-corrected chi connectivity index (χ2v) is 5.02. The summed E-state index contributed by atoms with van der Waals surface area (Å²) in [6.07, 6.45) is 0.699. The van der Waals surface area contributed by atoms with Gasteiger partial charge < -0.3 is 5.11 Å². The molecule has 19 heavy (non-hydrogen) atoms. The first-order valence-electron chi connectivity index (χ1n) is 6.18. The molecule has 2 heteroatoms. The van der Waals surface area contributed by atoms with Crippen LogP contribution in [0.25, 0.3) is 10.8 Å². The van der Waals surface area contributed by atoms with E-state index in [1.807, 2.05) is 48.5 Å². The van der Waals surface area contributed by atoms with Gasteiger partial charge in [-0.15, -0.1) is 0 Å². The van der Waals surface area contributed by atoms with Gasteiger partial charge in [0.25, 0.3) is 0 Å². The minimum atomic E-state index is 0.341. The number of aromatic hydroxyl groups is 1. The van der Waals surface area contributed by atoms with Crippen molar-refractivity contribution >= 4 is 22.4 Å². The normalized spacial score (nSPS) is 10.8. The van der Waals surface area contributed by atoms with Crippen LogP contribution in [0.1, 0.15) is 11.1 Å². The molecule has 0 saturated heterocycles. The van der Waals surface area contributed by atoms with Gasteiger partial charge >= 0.3 is 0 Å². The highest BCUT2D eigenvalue weighted by molar-refractivity contribution is 6.30. The zero-order valence-corrected chi connectivity index (χ0v) is 11.1. The Kier molecular flexibility index (Phi) is 3.14. The largest absolute Gasteiger partial charge is 0.508 e. The molecule has 3 aromatic carbocycles. The number of phenolic OH excluding ortho intramolecular Hbond substituents is 1. The molecule has 0 bridgehead atoms. The van der Waals surface area contributed by atoms with Gasteiger partial charge in [0.05, 0.1) is 0 Å². The molecule has 0 aromatic heterocycles. The third-order valence-electron chi connectivity index (χ3n) is 3.31. The molecule has 0 fully saturated rings. The third kappa shape index (κ3) is 2.42. The molecule has 0 heterocycles. The predicted molar refractivity (Wildman–Crippen MR) is 79.9 cm³/mol. The van der Waals surface area contributed by atoms with E-state index >= 15 is 0 Å². The molecule has 0 unspecified atom stereocenters. The van der Waals surface area contributed by atoms with Gasteiger partial charge in [0.15, 0.2) is 0 Å². The van der Waals surface area contributed by atoms with Crippen LogP contribution in [0.4, 0.5) is 0 Å². The van der Waals surface area contributed by atoms with E-state index in [0.29, 0.717) is 12.2 Å². The Morgan fingerprint density at radius 3 is 2.37 bits per heavy atom. The summed E-state index contributed by atoms with van der Waals surface area (Å²) in [7, 11) is 0. The minimum absolute atomic E-state index is 0.341.